The van der Waals surface area contributed by atoms with Gasteiger partial charge in [-0.3, -0.25) is 0 Å². The topological polar surface area (TPSA) is 32.3 Å². The molecule has 1 fully saturated rings. The minimum atomic E-state index is 0.305. The van der Waals surface area contributed by atoms with Crippen molar-refractivity contribution in [1.82, 2.24) is 5.32 Å². The zero-order valence-corrected chi connectivity index (χ0v) is 10.0. The van der Waals surface area contributed by atoms with Crippen LogP contribution in [0.4, 0.5) is 0 Å². The molecule has 0 spiro atoms. The van der Waals surface area contributed by atoms with Gasteiger partial charge in [-0.25, -0.2) is 0 Å². The Balaban J connectivity index is 2.22. The number of thioether (sulfide) groups is 1. The van der Waals surface area contributed by atoms with Crippen LogP contribution in [0.1, 0.15) is 38.5 Å². The van der Waals surface area contributed by atoms with Gasteiger partial charge < -0.3 is 10.4 Å². The summed E-state index contributed by atoms with van der Waals surface area (Å²) < 4.78 is 0.494. The molecule has 2 nitrogen and oxygen atoms in total. The summed E-state index contributed by atoms with van der Waals surface area (Å²) in [6.45, 7) is 2.38. The fourth-order valence-electron chi connectivity index (χ4n) is 2.17. The van der Waals surface area contributed by atoms with Crippen LogP contribution in [0.5, 0.6) is 0 Å². The van der Waals surface area contributed by atoms with Gasteiger partial charge in [-0.15, -0.1) is 0 Å². The van der Waals surface area contributed by atoms with Crippen molar-refractivity contribution in [2.24, 2.45) is 0 Å². The molecule has 0 aromatic heterocycles. The molecule has 1 aliphatic carbocycles. The van der Waals surface area contributed by atoms with Gasteiger partial charge in [0.15, 0.2) is 0 Å². The molecule has 3 heteroatoms. The monoisotopic (exact) mass is 217 g/mol. The van der Waals surface area contributed by atoms with E-state index in [1.807, 2.05) is 11.8 Å². The van der Waals surface area contributed by atoms with Crippen molar-refractivity contribution in [1.29, 1.82) is 0 Å². The molecule has 1 aliphatic rings. The van der Waals surface area contributed by atoms with Gasteiger partial charge in [0, 0.05) is 17.9 Å². The Labute approximate surface area is 91.9 Å². The van der Waals surface area contributed by atoms with Gasteiger partial charge in [-0.05, 0) is 32.1 Å². The zero-order chi connectivity index (χ0) is 10.3. The van der Waals surface area contributed by atoms with E-state index in [0.717, 1.165) is 19.5 Å². The molecule has 0 unspecified atom stereocenters. The van der Waals surface area contributed by atoms with Crippen LogP contribution >= 0.6 is 11.8 Å². The Morgan fingerprint density at radius 1 is 1.29 bits per heavy atom. The number of rotatable bonds is 6. The van der Waals surface area contributed by atoms with Gasteiger partial charge in [0.2, 0.25) is 0 Å². The van der Waals surface area contributed by atoms with Crippen molar-refractivity contribution < 1.29 is 5.11 Å². The SMILES string of the molecule is CSC1(CNCCCO)CCCCC1. The summed E-state index contributed by atoms with van der Waals surface area (Å²) in [6.07, 6.45) is 10.0. The van der Waals surface area contributed by atoms with Gasteiger partial charge in [-0.1, -0.05) is 19.3 Å². The average Bonchev–Trinajstić information content (AvgIpc) is 2.26. The number of hydrogen-bond donors (Lipinski definition) is 2. The third-order valence-corrected chi connectivity index (χ3v) is 4.58. The summed E-state index contributed by atoms with van der Waals surface area (Å²) in [6, 6.07) is 0. The second-order valence-corrected chi connectivity index (χ2v) is 5.48. The van der Waals surface area contributed by atoms with Gasteiger partial charge in [-0.2, -0.15) is 11.8 Å². The molecule has 0 aromatic carbocycles. The lowest BCUT2D eigenvalue weighted by molar-refractivity contribution is 0.283. The van der Waals surface area contributed by atoms with E-state index in [0.29, 0.717) is 11.4 Å². The quantitative estimate of drug-likeness (QED) is 0.668. The van der Waals surface area contributed by atoms with Crippen molar-refractivity contribution in [3.63, 3.8) is 0 Å². The van der Waals surface area contributed by atoms with E-state index in [9.17, 15) is 0 Å². The average molecular weight is 217 g/mol. The second-order valence-electron chi connectivity index (χ2n) is 4.20. The fourth-order valence-corrected chi connectivity index (χ4v) is 3.11. The largest absolute Gasteiger partial charge is 0.396 e. The molecule has 0 amide bonds. The predicted octanol–water partition coefficient (Wildman–Crippen LogP) is 2.02. The number of aliphatic hydroxyl groups is 1. The maximum atomic E-state index is 8.68. The molecule has 0 aromatic rings. The minimum Gasteiger partial charge on any atom is -0.396 e. The molecule has 0 aliphatic heterocycles. The Bertz CT molecular complexity index is 146. The van der Waals surface area contributed by atoms with Crippen molar-refractivity contribution in [2.75, 3.05) is 26.0 Å². The van der Waals surface area contributed by atoms with Crippen molar-refractivity contribution >= 4 is 11.8 Å². The van der Waals surface area contributed by atoms with E-state index >= 15 is 0 Å². The van der Waals surface area contributed by atoms with Gasteiger partial charge in [0.1, 0.15) is 0 Å². The van der Waals surface area contributed by atoms with Crippen LogP contribution in [0.3, 0.4) is 0 Å². The van der Waals surface area contributed by atoms with Crippen molar-refractivity contribution in [2.45, 2.75) is 43.3 Å². The first-order valence-electron chi connectivity index (χ1n) is 5.70. The highest BCUT2D eigenvalue weighted by atomic mass is 32.2. The van der Waals surface area contributed by atoms with Crippen LogP contribution < -0.4 is 5.32 Å². The van der Waals surface area contributed by atoms with E-state index < -0.39 is 0 Å². The molecule has 0 radical (unpaired) electrons. The molecule has 84 valence electrons. The molecule has 0 bridgehead atoms. The maximum absolute atomic E-state index is 8.68. The molecule has 0 saturated heterocycles. The van der Waals surface area contributed by atoms with E-state index in [2.05, 4.69) is 11.6 Å². The summed E-state index contributed by atoms with van der Waals surface area (Å²) >= 11 is 2.03. The van der Waals surface area contributed by atoms with Crippen LogP contribution in [0.25, 0.3) is 0 Å². The Morgan fingerprint density at radius 3 is 2.57 bits per heavy atom. The van der Waals surface area contributed by atoms with E-state index in [4.69, 9.17) is 5.11 Å². The van der Waals surface area contributed by atoms with E-state index in [-0.39, 0.29) is 0 Å². The van der Waals surface area contributed by atoms with Crippen molar-refractivity contribution in [3.8, 4) is 0 Å². The van der Waals surface area contributed by atoms with Crippen LogP contribution in [0.2, 0.25) is 0 Å². The number of hydrogen-bond acceptors (Lipinski definition) is 3. The first-order chi connectivity index (χ1) is 6.83. The summed E-state index contributed by atoms with van der Waals surface area (Å²) in [5.74, 6) is 0. The molecular weight excluding hydrogens is 194 g/mol. The van der Waals surface area contributed by atoms with Crippen LogP contribution in [-0.4, -0.2) is 35.8 Å². The zero-order valence-electron chi connectivity index (χ0n) is 9.22. The lowest BCUT2D eigenvalue weighted by atomic mass is 9.88. The predicted molar refractivity (Wildman–Crippen MR) is 63.9 cm³/mol. The lowest BCUT2D eigenvalue weighted by Crippen LogP contribution is -2.39. The minimum absolute atomic E-state index is 0.305. The summed E-state index contributed by atoms with van der Waals surface area (Å²) in [5.41, 5.74) is 0. The Morgan fingerprint density at radius 2 is 2.00 bits per heavy atom. The van der Waals surface area contributed by atoms with Gasteiger partial charge >= 0.3 is 0 Å². The Kier molecular flexibility index (Phi) is 5.90. The molecule has 0 heterocycles. The third kappa shape index (κ3) is 3.79. The summed E-state index contributed by atoms with van der Waals surface area (Å²) in [5, 5.41) is 12.1. The molecule has 1 rings (SSSR count). The smallest absolute Gasteiger partial charge is 0.0443 e. The standard InChI is InChI=1S/C11H23NOS/c1-14-11(6-3-2-4-7-11)10-12-8-5-9-13/h12-13H,2-10H2,1H3. The Hall–Kier alpha value is 0.270. The van der Waals surface area contributed by atoms with Gasteiger partial charge in [0.05, 0.1) is 0 Å². The summed E-state index contributed by atoms with van der Waals surface area (Å²) in [4.78, 5) is 0. The molecule has 2 N–H and O–H groups in total. The highest BCUT2D eigenvalue weighted by Crippen LogP contribution is 2.37. The van der Waals surface area contributed by atoms with Crippen LogP contribution in [0.15, 0.2) is 0 Å². The van der Waals surface area contributed by atoms with Gasteiger partial charge in [0.25, 0.3) is 0 Å². The normalized spacial score (nSPS) is 21.0. The van der Waals surface area contributed by atoms with Crippen LogP contribution in [-0.2, 0) is 0 Å². The van der Waals surface area contributed by atoms with E-state index in [1.165, 1.54) is 32.1 Å². The first kappa shape index (κ1) is 12.3. The second kappa shape index (κ2) is 6.70. The van der Waals surface area contributed by atoms with Crippen LogP contribution in [0, 0.1) is 0 Å². The molecular formula is C11H23NOS. The first-order valence-corrected chi connectivity index (χ1v) is 6.92. The molecule has 14 heavy (non-hydrogen) atoms. The van der Waals surface area contributed by atoms with Crippen molar-refractivity contribution in [3.05, 3.63) is 0 Å². The lowest BCUT2D eigenvalue weighted by Gasteiger charge is -2.36. The fraction of sp³-hybridized carbons (Fsp3) is 1.00. The molecule has 0 atom stereocenters. The third-order valence-electron chi connectivity index (χ3n) is 3.16. The maximum Gasteiger partial charge on any atom is 0.0443 e. The number of nitrogens with one attached hydrogen (secondary N) is 1. The summed E-state index contributed by atoms with van der Waals surface area (Å²) in [7, 11) is 0. The highest BCUT2D eigenvalue weighted by Gasteiger charge is 2.30. The highest BCUT2D eigenvalue weighted by molar-refractivity contribution is 8.00. The van der Waals surface area contributed by atoms with E-state index in [1.54, 1.807) is 0 Å². The molecule has 1 saturated carbocycles. The number of aliphatic hydroxyl groups excluding tert-OH is 1.